The summed E-state index contributed by atoms with van der Waals surface area (Å²) in [4.78, 5) is 36.3. The number of nitrogens with two attached hydrogens (primary N) is 1. The van der Waals surface area contributed by atoms with E-state index in [4.69, 9.17) is 10.7 Å². The maximum absolute atomic E-state index is 13.5. The molecule has 6 nitrogen and oxygen atoms in total. The number of ketones is 1. The van der Waals surface area contributed by atoms with Crippen LogP contribution in [-0.2, 0) is 16.0 Å². The Bertz CT molecular complexity index is 1370. The third kappa shape index (κ3) is 3.75. The van der Waals surface area contributed by atoms with Gasteiger partial charge in [-0.3, -0.25) is 14.6 Å². The van der Waals surface area contributed by atoms with Crippen LogP contribution in [0.2, 0.25) is 0 Å². The van der Waals surface area contributed by atoms with Gasteiger partial charge in [-0.15, -0.1) is 0 Å². The van der Waals surface area contributed by atoms with Crippen molar-refractivity contribution < 1.29 is 9.59 Å². The van der Waals surface area contributed by atoms with Crippen molar-refractivity contribution in [1.29, 1.82) is 0 Å². The smallest absolute Gasteiger partial charge is 0.259 e. The van der Waals surface area contributed by atoms with Crippen LogP contribution in [0.3, 0.4) is 0 Å². The molecule has 0 spiro atoms. The highest BCUT2D eigenvalue weighted by atomic mass is 16.2. The Labute approximate surface area is 191 Å². The summed E-state index contributed by atoms with van der Waals surface area (Å²) >= 11 is 0. The molecule has 3 aromatic carbocycles. The normalized spacial score (nSPS) is 16.8. The van der Waals surface area contributed by atoms with Crippen molar-refractivity contribution in [2.45, 2.75) is 18.5 Å². The van der Waals surface area contributed by atoms with Crippen molar-refractivity contribution in [3.05, 3.63) is 102 Å². The third-order valence-electron chi connectivity index (χ3n) is 6.14. The number of H-pyrrole nitrogens is 1. The summed E-state index contributed by atoms with van der Waals surface area (Å²) in [6.45, 7) is 0. The van der Waals surface area contributed by atoms with Crippen LogP contribution in [0.4, 0.5) is 5.69 Å². The van der Waals surface area contributed by atoms with Gasteiger partial charge in [0, 0.05) is 35.3 Å². The number of benzodiazepines with no additional fused rings is 1. The van der Waals surface area contributed by atoms with Gasteiger partial charge in [0.05, 0.1) is 17.4 Å². The Morgan fingerprint density at radius 2 is 1.73 bits per heavy atom. The van der Waals surface area contributed by atoms with Crippen molar-refractivity contribution in [3.63, 3.8) is 0 Å². The first-order chi connectivity index (χ1) is 16.0. The molecule has 1 aromatic heterocycles. The molecule has 5 rings (SSSR count). The van der Waals surface area contributed by atoms with Gasteiger partial charge in [-0.1, -0.05) is 66.7 Å². The summed E-state index contributed by atoms with van der Waals surface area (Å²) in [5, 5.41) is 1.02. The molecule has 2 atom stereocenters. The number of benzene rings is 3. The van der Waals surface area contributed by atoms with E-state index in [9.17, 15) is 9.59 Å². The van der Waals surface area contributed by atoms with E-state index in [1.54, 1.807) is 7.05 Å². The molecule has 0 unspecified atom stereocenters. The van der Waals surface area contributed by atoms with E-state index in [0.717, 1.165) is 27.6 Å². The van der Waals surface area contributed by atoms with Gasteiger partial charge in [-0.2, -0.15) is 0 Å². The van der Waals surface area contributed by atoms with Crippen LogP contribution in [0.1, 0.15) is 16.7 Å². The SMILES string of the molecule is CN1C(=O)[C@@H](C(=O)[C@@H](N)Cc2c[nH]c3ccccc23)N=C(c2ccccc2)c2ccccc21. The van der Waals surface area contributed by atoms with Crippen LogP contribution < -0.4 is 10.6 Å². The molecule has 33 heavy (non-hydrogen) atoms. The number of aromatic nitrogens is 1. The molecule has 0 fully saturated rings. The van der Waals surface area contributed by atoms with Crippen LogP contribution in [0.15, 0.2) is 90.1 Å². The van der Waals surface area contributed by atoms with Crippen molar-refractivity contribution >= 4 is 34.0 Å². The number of hydrogen-bond acceptors (Lipinski definition) is 4. The minimum Gasteiger partial charge on any atom is -0.361 e. The van der Waals surface area contributed by atoms with Gasteiger partial charge in [-0.25, -0.2) is 0 Å². The molecule has 164 valence electrons. The zero-order valence-electron chi connectivity index (χ0n) is 18.2. The highest BCUT2D eigenvalue weighted by Gasteiger charge is 2.37. The third-order valence-corrected chi connectivity index (χ3v) is 6.14. The number of hydrogen-bond donors (Lipinski definition) is 2. The number of amides is 1. The minimum atomic E-state index is -1.21. The Morgan fingerprint density at radius 3 is 2.55 bits per heavy atom. The van der Waals surface area contributed by atoms with E-state index < -0.39 is 17.9 Å². The molecular formula is C27H24N4O2. The molecule has 1 amide bonds. The Morgan fingerprint density at radius 1 is 1.03 bits per heavy atom. The van der Waals surface area contributed by atoms with Crippen LogP contribution in [0.5, 0.6) is 0 Å². The van der Waals surface area contributed by atoms with E-state index in [-0.39, 0.29) is 5.91 Å². The van der Waals surface area contributed by atoms with Gasteiger partial charge in [0.25, 0.3) is 5.91 Å². The van der Waals surface area contributed by atoms with Gasteiger partial charge in [0.1, 0.15) is 0 Å². The number of aromatic amines is 1. The number of para-hydroxylation sites is 2. The van der Waals surface area contributed by atoms with Crippen LogP contribution in [-0.4, -0.2) is 41.5 Å². The van der Waals surface area contributed by atoms with Crippen LogP contribution >= 0.6 is 0 Å². The molecule has 0 radical (unpaired) electrons. The summed E-state index contributed by atoms with van der Waals surface area (Å²) < 4.78 is 0. The molecule has 0 aliphatic carbocycles. The summed E-state index contributed by atoms with van der Waals surface area (Å²) in [6.07, 6.45) is 2.19. The van der Waals surface area contributed by atoms with Crippen molar-refractivity contribution in [2.75, 3.05) is 11.9 Å². The minimum absolute atomic E-state index is 0.319. The maximum atomic E-state index is 13.5. The van der Waals surface area contributed by atoms with E-state index in [0.29, 0.717) is 17.8 Å². The molecule has 6 heteroatoms. The quantitative estimate of drug-likeness (QED) is 0.469. The number of nitrogens with zero attached hydrogens (tertiary/aromatic N) is 2. The van der Waals surface area contributed by atoms with Crippen LogP contribution in [0.25, 0.3) is 10.9 Å². The number of carbonyl (C=O) groups is 2. The zero-order chi connectivity index (χ0) is 22.9. The summed E-state index contributed by atoms with van der Waals surface area (Å²) in [6, 6.07) is 23.0. The average Bonchev–Trinajstić information content (AvgIpc) is 3.22. The monoisotopic (exact) mass is 436 g/mol. The maximum Gasteiger partial charge on any atom is 0.259 e. The lowest BCUT2D eigenvalue weighted by atomic mass is 9.97. The van der Waals surface area contributed by atoms with Gasteiger partial charge in [-0.05, 0) is 24.1 Å². The molecule has 2 heterocycles. The molecule has 0 bridgehead atoms. The standard InChI is InChI=1S/C27H24N4O2/c1-31-23-14-8-6-12-20(23)24(17-9-3-2-4-10-17)30-25(27(31)33)26(32)21(28)15-18-16-29-22-13-7-5-11-19(18)22/h2-14,16,21,25,29H,15,28H2,1H3/t21-,25+/m0/s1. The molecule has 1 aliphatic heterocycles. The second-order valence-corrected chi connectivity index (χ2v) is 8.23. The summed E-state index contributed by atoms with van der Waals surface area (Å²) in [5.74, 6) is -0.772. The topological polar surface area (TPSA) is 91.5 Å². The predicted molar refractivity (Wildman–Crippen MR) is 131 cm³/mol. The average molecular weight is 437 g/mol. The van der Waals surface area contributed by atoms with Crippen molar-refractivity contribution in [3.8, 4) is 0 Å². The van der Waals surface area contributed by atoms with Gasteiger partial charge >= 0.3 is 0 Å². The fourth-order valence-corrected chi connectivity index (χ4v) is 4.37. The molecule has 0 saturated carbocycles. The second-order valence-electron chi connectivity index (χ2n) is 8.23. The molecule has 1 aliphatic rings. The number of aliphatic imine (C=N–C) groups is 1. The Balaban J connectivity index is 1.53. The lowest BCUT2D eigenvalue weighted by Gasteiger charge is -2.21. The highest BCUT2D eigenvalue weighted by Crippen LogP contribution is 2.28. The fraction of sp³-hybridized carbons (Fsp3) is 0.148. The van der Waals surface area contributed by atoms with Crippen LogP contribution in [0, 0.1) is 0 Å². The highest BCUT2D eigenvalue weighted by molar-refractivity contribution is 6.24. The van der Waals surface area contributed by atoms with Gasteiger partial charge in [0.2, 0.25) is 0 Å². The Kier molecular flexibility index (Phi) is 5.36. The molecular weight excluding hydrogens is 412 g/mol. The number of fused-ring (bicyclic) bond motifs is 2. The van der Waals surface area contributed by atoms with E-state index in [2.05, 4.69) is 4.98 Å². The molecule has 0 saturated heterocycles. The number of carbonyl (C=O) groups excluding carboxylic acids is 2. The second kappa shape index (κ2) is 8.48. The number of Topliss-reactive ketones (excluding diaryl/α,β-unsaturated/α-hetero) is 1. The molecule has 4 aromatic rings. The lowest BCUT2D eigenvalue weighted by Crippen LogP contribution is -2.47. The van der Waals surface area contributed by atoms with E-state index >= 15 is 0 Å². The predicted octanol–water partition coefficient (Wildman–Crippen LogP) is 3.49. The fourth-order valence-electron chi connectivity index (χ4n) is 4.37. The van der Waals surface area contributed by atoms with E-state index in [1.807, 2.05) is 85.1 Å². The Hall–Kier alpha value is -4.03. The van der Waals surface area contributed by atoms with Gasteiger partial charge < -0.3 is 15.6 Å². The number of anilines is 1. The van der Waals surface area contributed by atoms with Gasteiger partial charge in [0.15, 0.2) is 11.8 Å². The first-order valence-corrected chi connectivity index (χ1v) is 10.9. The van der Waals surface area contributed by atoms with E-state index in [1.165, 1.54) is 4.90 Å². The zero-order valence-corrected chi connectivity index (χ0v) is 18.2. The summed E-state index contributed by atoms with van der Waals surface area (Å²) in [7, 11) is 1.68. The number of nitrogens with one attached hydrogen (secondary N) is 1. The number of likely N-dealkylation sites (N-methyl/N-ethyl adjacent to an activating group) is 1. The lowest BCUT2D eigenvalue weighted by molar-refractivity contribution is -0.129. The van der Waals surface area contributed by atoms with Crippen molar-refractivity contribution in [1.82, 2.24) is 4.98 Å². The largest absolute Gasteiger partial charge is 0.361 e. The molecule has 3 N–H and O–H groups in total. The number of rotatable bonds is 5. The first-order valence-electron chi connectivity index (χ1n) is 10.9. The summed E-state index contributed by atoms with van der Waals surface area (Å²) in [5.41, 5.74) is 11.3. The van der Waals surface area contributed by atoms with Crippen molar-refractivity contribution in [2.24, 2.45) is 10.7 Å². The first kappa shape index (κ1) is 20.8.